The molecule has 4 rings (SSSR count). The van der Waals surface area contributed by atoms with Crippen molar-refractivity contribution in [3.8, 4) is 17.2 Å². The van der Waals surface area contributed by atoms with Crippen LogP contribution in [0.15, 0.2) is 64.2 Å². The molecule has 0 fully saturated rings. The van der Waals surface area contributed by atoms with E-state index in [1.807, 2.05) is 34.9 Å². The molecule has 3 heterocycles. The number of nitrogens with zero attached hydrogens (tertiary/aromatic N) is 3. The Morgan fingerprint density at radius 1 is 1.00 bits per heavy atom. The number of ether oxygens (including phenoxy) is 3. The number of benzene rings is 1. The second-order valence-corrected chi connectivity index (χ2v) is 7.42. The molecule has 0 spiro atoms. The van der Waals surface area contributed by atoms with E-state index in [1.54, 1.807) is 32.7 Å². The van der Waals surface area contributed by atoms with E-state index in [-0.39, 0.29) is 5.43 Å². The molecule has 0 aliphatic heterocycles. The van der Waals surface area contributed by atoms with Crippen LogP contribution < -0.4 is 10.2 Å². The summed E-state index contributed by atoms with van der Waals surface area (Å²) in [6.07, 6.45) is 3.62. The van der Waals surface area contributed by atoms with Crippen LogP contribution in [0.25, 0.3) is 27.9 Å². The molecule has 1 aromatic carbocycles. The average Bonchev–Trinajstić information content (AvgIpc) is 3.28. The smallest absolute Gasteiger partial charge is 0.193 e. The third kappa shape index (κ3) is 5.16. The number of fused-ring (bicyclic) bond motifs is 2. The monoisotopic (exact) mass is 437 g/mol. The summed E-state index contributed by atoms with van der Waals surface area (Å²) >= 11 is 0. The van der Waals surface area contributed by atoms with E-state index in [0.29, 0.717) is 48.0 Å². The minimum atomic E-state index is -0.134. The summed E-state index contributed by atoms with van der Waals surface area (Å²) in [7, 11) is 3.37. The molecule has 32 heavy (non-hydrogen) atoms. The maximum absolute atomic E-state index is 12.8. The van der Waals surface area contributed by atoms with Crippen molar-refractivity contribution in [2.75, 3.05) is 53.7 Å². The molecule has 168 valence electrons. The van der Waals surface area contributed by atoms with Gasteiger partial charge < -0.3 is 23.0 Å². The second-order valence-electron chi connectivity index (χ2n) is 7.42. The lowest BCUT2D eigenvalue weighted by Gasteiger charge is -2.21. The maximum atomic E-state index is 12.8. The van der Waals surface area contributed by atoms with E-state index in [9.17, 15) is 4.79 Å². The summed E-state index contributed by atoms with van der Waals surface area (Å²) in [5.41, 5.74) is 1.96. The van der Waals surface area contributed by atoms with Gasteiger partial charge in [-0.15, -0.1) is 0 Å². The predicted molar refractivity (Wildman–Crippen MR) is 122 cm³/mol. The van der Waals surface area contributed by atoms with E-state index in [1.165, 1.54) is 6.07 Å². The van der Waals surface area contributed by atoms with Crippen molar-refractivity contribution >= 4 is 16.5 Å². The quantitative estimate of drug-likeness (QED) is 0.357. The van der Waals surface area contributed by atoms with Crippen LogP contribution in [0.4, 0.5) is 0 Å². The minimum Gasteiger partial charge on any atom is -0.492 e. The van der Waals surface area contributed by atoms with Crippen LogP contribution in [-0.2, 0) is 9.47 Å². The minimum absolute atomic E-state index is 0.134. The molecule has 8 nitrogen and oxygen atoms in total. The van der Waals surface area contributed by atoms with Crippen LogP contribution in [0.5, 0.6) is 5.75 Å². The maximum Gasteiger partial charge on any atom is 0.193 e. The fourth-order valence-corrected chi connectivity index (χ4v) is 3.49. The third-order valence-electron chi connectivity index (χ3n) is 5.27. The molecule has 0 radical (unpaired) electrons. The molecule has 8 heteroatoms. The van der Waals surface area contributed by atoms with Gasteiger partial charge in [-0.25, -0.2) is 4.98 Å². The van der Waals surface area contributed by atoms with Crippen LogP contribution >= 0.6 is 0 Å². The average molecular weight is 437 g/mol. The topological polar surface area (TPSA) is 78.4 Å². The summed E-state index contributed by atoms with van der Waals surface area (Å²) in [4.78, 5) is 19.4. The molecule has 4 aromatic rings. The van der Waals surface area contributed by atoms with Crippen LogP contribution in [0.2, 0.25) is 0 Å². The van der Waals surface area contributed by atoms with Crippen LogP contribution in [0, 0.1) is 0 Å². The normalized spacial score (nSPS) is 11.6. The summed E-state index contributed by atoms with van der Waals surface area (Å²) in [5, 5.41) is 0.477. The summed E-state index contributed by atoms with van der Waals surface area (Å²) in [6.45, 7) is 4.12. The van der Waals surface area contributed by atoms with Crippen molar-refractivity contribution in [1.29, 1.82) is 0 Å². The van der Waals surface area contributed by atoms with Crippen molar-refractivity contribution in [2.45, 2.75) is 0 Å². The Kier molecular flexibility index (Phi) is 7.16. The first-order valence-corrected chi connectivity index (χ1v) is 10.5. The Morgan fingerprint density at radius 2 is 1.78 bits per heavy atom. The molecule has 0 unspecified atom stereocenters. The molecule has 0 atom stereocenters. The predicted octanol–water partition coefficient (Wildman–Crippen LogP) is 3.08. The van der Waals surface area contributed by atoms with E-state index >= 15 is 0 Å². The fourth-order valence-electron chi connectivity index (χ4n) is 3.49. The molecule has 0 bridgehead atoms. The molecule has 0 aliphatic rings. The largest absolute Gasteiger partial charge is 0.492 e. The summed E-state index contributed by atoms with van der Waals surface area (Å²) < 4.78 is 24.1. The van der Waals surface area contributed by atoms with Gasteiger partial charge in [0.2, 0.25) is 0 Å². The Labute approximate surface area is 185 Å². The first-order chi connectivity index (χ1) is 15.7. The van der Waals surface area contributed by atoms with Gasteiger partial charge in [-0.1, -0.05) is 0 Å². The number of hydrogen-bond acceptors (Lipinski definition) is 7. The highest BCUT2D eigenvalue weighted by molar-refractivity contribution is 5.80. The fraction of sp³-hybridized carbons (Fsp3) is 0.333. The van der Waals surface area contributed by atoms with Gasteiger partial charge >= 0.3 is 0 Å². The van der Waals surface area contributed by atoms with Crippen LogP contribution in [0.3, 0.4) is 0 Å². The number of rotatable bonds is 11. The zero-order valence-corrected chi connectivity index (χ0v) is 18.3. The van der Waals surface area contributed by atoms with Gasteiger partial charge in [-0.05, 0) is 36.4 Å². The molecule has 0 aliphatic carbocycles. The second kappa shape index (κ2) is 10.4. The van der Waals surface area contributed by atoms with Crippen LogP contribution in [0.1, 0.15) is 0 Å². The van der Waals surface area contributed by atoms with Crippen molar-refractivity contribution < 1.29 is 18.6 Å². The Balaban J connectivity index is 1.47. The standard InChI is InChI=1S/C24H27N3O5/c1-29-11-8-26(9-12-30-2)10-13-31-19-5-6-23-20(15-19)22(28)16-24(32-23)21-14-18-4-3-7-27(18)17-25-21/h3-7,14-17H,8-13H2,1-2H3. The van der Waals surface area contributed by atoms with E-state index in [0.717, 1.165) is 25.2 Å². The Bertz CT molecular complexity index is 1230. The zero-order chi connectivity index (χ0) is 22.3. The first kappa shape index (κ1) is 22.0. The van der Waals surface area contributed by atoms with Crippen molar-refractivity contribution in [2.24, 2.45) is 0 Å². The lowest BCUT2D eigenvalue weighted by Crippen LogP contribution is -2.34. The SMILES string of the molecule is COCCN(CCOC)CCOc1ccc2oc(-c3cc4cccn4cn3)cc(=O)c2c1. The lowest BCUT2D eigenvalue weighted by atomic mass is 10.2. The third-order valence-corrected chi connectivity index (χ3v) is 5.27. The molecular weight excluding hydrogens is 410 g/mol. The van der Waals surface area contributed by atoms with Gasteiger partial charge in [0, 0.05) is 51.6 Å². The number of aromatic nitrogens is 2. The summed E-state index contributed by atoms with van der Waals surface area (Å²) in [6, 6.07) is 12.6. The van der Waals surface area contributed by atoms with Gasteiger partial charge in [0.25, 0.3) is 0 Å². The van der Waals surface area contributed by atoms with Crippen molar-refractivity contribution in [3.05, 3.63) is 65.2 Å². The van der Waals surface area contributed by atoms with Gasteiger partial charge in [0.05, 0.1) is 24.9 Å². The highest BCUT2D eigenvalue weighted by Gasteiger charge is 2.11. The van der Waals surface area contributed by atoms with Gasteiger partial charge in [0.15, 0.2) is 11.2 Å². The van der Waals surface area contributed by atoms with E-state index in [4.69, 9.17) is 18.6 Å². The first-order valence-electron chi connectivity index (χ1n) is 10.5. The number of methoxy groups -OCH3 is 2. The van der Waals surface area contributed by atoms with Crippen molar-refractivity contribution in [1.82, 2.24) is 14.3 Å². The summed E-state index contributed by atoms with van der Waals surface area (Å²) in [5.74, 6) is 1.07. The zero-order valence-electron chi connectivity index (χ0n) is 18.3. The van der Waals surface area contributed by atoms with Gasteiger partial charge in [0.1, 0.15) is 23.6 Å². The van der Waals surface area contributed by atoms with E-state index < -0.39 is 0 Å². The molecule has 0 amide bonds. The molecule has 3 aromatic heterocycles. The van der Waals surface area contributed by atoms with Gasteiger partial charge in [-0.3, -0.25) is 9.69 Å². The Morgan fingerprint density at radius 3 is 2.56 bits per heavy atom. The molecule has 0 saturated carbocycles. The molecule has 0 saturated heterocycles. The highest BCUT2D eigenvalue weighted by atomic mass is 16.5. The Hall–Kier alpha value is -3.20. The van der Waals surface area contributed by atoms with E-state index in [2.05, 4.69) is 9.88 Å². The highest BCUT2D eigenvalue weighted by Crippen LogP contribution is 2.24. The molecular formula is C24H27N3O5. The number of hydrogen-bond donors (Lipinski definition) is 0. The molecule has 0 N–H and O–H groups in total. The van der Waals surface area contributed by atoms with Crippen LogP contribution in [-0.4, -0.2) is 68.0 Å². The lowest BCUT2D eigenvalue weighted by molar-refractivity contribution is 0.104. The van der Waals surface area contributed by atoms with Crippen molar-refractivity contribution in [3.63, 3.8) is 0 Å². The van der Waals surface area contributed by atoms with Gasteiger partial charge in [-0.2, -0.15) is 0 Å².